The first kappa shape index (κ1) is 13.4. The van der Waals surface area contributed by atoms with Crippen molar-refractivity contribution in [3.05, 3.63) is 71.7 Å². The maximum Gasteiger partial charge on any atom is 0.162 e. The summed E-state index contributed by atoms with van der Waals surface area (Å²) in [5.74, 6) is 0.792. The van der Waals surface area contributed by atoms with Gasteiger partial charge < -0.3 is 8.98 Å². The molecular weight excluding hydrogens is 262 g/mol. The number of rotatable bonds is 4. The summed E-state index contributed by atoms with van der Waals surface area (Å²) in [6.07, 6.45) is 3.63. The van der Waals surface area contributed by atoms with Crippen molar-refractivity contribution in [2.24, 2.45) is 0 Å². The van der Waals surface area contributed by atoms with Crippen LogP contribution in [0.15, 0.2) is 59.3 Å². The van der Waals surface area contributed by atoms with Crippen LogP contribution in [0.4, 0.5) is 0 Å². The van der Waals surface area contributed by atoms with Crippen molar-refractivity contribution < 1.29 is 9.21 Å². The molecule has 0 aliphatic rings. The second-order valence-corrected chi connectivity index (χ2v) is 5.15. The summed E-state index contributed by atoms with van der Waals surface area (Å²) in [6, 6.07) is 13.9. The molecule has 0 N–H and O–H groups in total. The van der Waals surface area contributed by atoms with Gasteiger partial charge in [0.25, 0.3) is 0 Å². The number of furan rings is 1. The van der Waals surface area contributed by atoms with Gasteiger partial charge in [0, 0.05) is 29.6 Å². The van der Waals surface area contributed by atoms with Crippen molar-refractivity contribution >= 4 is 5.78 Å². The number of nitrogens with zero attached hydrogens (tertiary/aromatic N) is 1. The molecule has 0 atom stereocenters. The van der Waals surface area contributed by atoms with E-state index in [1.54, 1.807) is 13.2 Å². The van der Waals surface area contributed by atoms with Gasteiger partial charge in [-0.1, -0.05) is 30.3 Å². The van der Waals surface area contributed by atoms with E-state index in [1.165, 1.54) is 5.56 Å². The zero-order chi connectivity index (χ0) is 14.8. The number of ketones is 1. The van der Waals surface area contributed by atoms with Crippen molar-refractivity contribution in [1.82, 2.24) is 4.57 Å². The van der Waals surface area contributed by atoms with E-state index in [1.807, 2.05) is 43.5 Å². The van der Waals surface area contributed by atoms with Crippen LogP contribution in [0.1, 0.15) is 28.5 Å². The fourth-order valence-electron chi connectivity index (χ4n) is 2.66. The molecule has 2 aromatic heterocycles. The lowest BCUT2D eigenvalue weighted by molar-refractivity contribution is 0.101. The van der Waals surface area contributed by atoms with Crippen molar-refractivity contribution in [1.29, 1.82) is 0 Å². The Bertz CT molecular complexity index is 752. The summed E-state index contributed by atoms with van der Waals surface area (Å²) in [7, 11) is 0. The molecule has 2 heterocycles. The third kappa shape index (κ3) is 2.55. The van der Waals surface area contributed by atoms with Crippen LogP contribution >= 0.6 is 0 Å². The minimum Gasteiger partial charge on any atom is -0.464 e. The third-order valence-electron chi connectivity index (χ3n) is 3.68. The lowest BCUT2D eigenvalue weighted by atomic mass is 10.1. The molecule has 0 amide bonds. The zero-order valence-corrected chi connectivity index (χ0v) is 12.2. The summed E-state index contributed by atoms with van der Waals surface area (Å²) in [5, 5.41) is 0. The number of hydrogen-bond acceptors (Lipinski definition) is 2. The van der Waals surface area contributed by atoms with E-state index in [4.69, 9.17) is 4.42 Å². The Morgan fingerprint density at radius 1 is 1.14 bits per heavy atom. The van der Waals surface area contributed by atoms with E-state index >= 15 is 0 Å². The summed E-state index contributed by atoms with van der Waals surface area (Å²) in [6.45, 7) is 4.32. The molecule has 0 aliphatic heterocycles. The van der Waals surface area contributed by atoms with Crippen LogP contribution < -0.4 is 0 Å². The molecule has 0 spiro atoms. The van der Waals surface area contributed by atoms with Gasteiger partial charge in [0.05, 0.1) is 6.26 Å². The van der Waals surface area contributed by atoms with E-state index in [0.29, 0.717) is 0 Å². The maximum atomic E-state index is 12.0. The van der Waals surface area contributed by atoms with Crippen LogP contribution in [-0.2, 0) is 6.54 Å². The quantitative estimate of drug-likeness (QED) is 0.667. The summed E-state index contributed by atoms with van der Waals surface area (Å²) < 4.78 is 7.56. The molecule has 0 aliphatic carbocycles. The molecule has 106 valence electrons. The van der Waals surface area contributed by atoms with Gasteiger partial charge in [-0.05, 0) is 31.5 Å². The molecule has 0 fully saturated rings. The fraction of sp³-hybridized carbons (Fsp3) is 0.167. The molecule has 0 bridgehead atoms. The van der Waals surface area contributed by atoms with Crippen molar-refractivity contribution in [2.45, 2.75) is 20.4 Å². The van der Waals surface area contributed by atoms with Crippen molar-refractivity contribution in [3.8, 4) is 11.3 Å². The van der Waals surface area contributed by atoms with Crippen LogP contribution in [0.2, 0.25) is 0 Å². The monoisotopic (exact) mass is 279 g/mol. The number of carbonyl (C=O) groups is 1. The molecule has 3 heteroatoms. The molecule has 21 heavy (non-hydrogen) atoms. The predicted molar refractivity (Wildman–Crippen MR) is 82.4 cm³/mol. The number of aromatic nitrogens is 1. The molecular formula is C18H17NO2. The molecule has 0 radical (unpaired) electrons. The first-order chi connectivity index (χ1) is 10.2. The highest BCUT2D eigenvalue weighted by Crippen LogP contribution is 2.29. The number of hydrogen-bond donors (Lipinski definition) is 0. The van der Waals surface area contributed by atoms with Crippen LogP contribution in [-0.4, -0.2) is 10.4 Å². The maximum absolute atomic E-state index is 12.0. The van der Waals surface area contributed by atoms with E-state index in [9.17, 15) is 4.79 Å². The predicted octanol–water partition coefficient (Wildman–Crippen LogP) is 4.31. The summed E-state index contributed by atoms with van der Waals surface area (Å²) >= 11 is 0. The standard InChI is InChI=1S/C18H17NO2/c1-13-18(14(2)20)16(17-9-6-10-21-17)12-19(13)11-15-7-4-3-5-8-15/h3-10,12H,11H2,1-2H3. The van der Waals surface area contributed by atoms with Gasteiger partial charge in [-0.15, -0.1) is 0 Å². The SMILES string of the molecule is CC(=O)c1c(-c2ccco2)cn(Cc2ccccc2)c1C. The Morgan fingerprint density at radius 3 is 2.52 bits per heavy atom. The number of benzene rings is 1. The van der Waals surface area contributed by atoms with Gasteiger partial charge in [0.1, 0.15) is 5.76 Å². The highest BCUT2D eigenvalue weighted by molar-refractivity contribution is 6.01. The van der Waals surface area contributed by atoms with E-state index in [0.717, 1.165) is 29.1 Å². The smallest absolute Gasteiger partial charge is 0.162 e. The van der Waals surface area contributed by atoms with E-state index in [2.05, 4.69) is 16.7 Å². The molecule has 1 aromatic carbocycles. The molecule has 0 saturated heterocycles. The van der Waals surface area contributed by atoms with Crippen LogP contribution in [0.3, 0.4) is 0 Å². The highest BCUT2D eigenvalue weighted by Gasteiger charge is 2.19. The molecule has 3 nitrogen and oxygen atoms in total. The van der Waals surface area contributed by atoms with Gasteiger partial charge in [-0.3, -0.25) is 4.79 Å². The molecule has 0 saturated carbocycles. The molecule has 3 rings (SSSR count). The van der Waals surface area contributed by atoms with E-state index in [-0.39, 0.29) is 5.78 Å². The normalized spacial score (nSPS) is 10.8. The number of Topliss-reactive ketones (excluding diaryl/α,β-unsaturated/α-hetero) is 1. The largest absolute Gasteiger partial charge is 0.464 e. The zero-order valence-electron chi connectivity index (χ0n) is 12.2. The number of carbonyl (C=O) groups excluding carboxylic acids is 1. The van der Waals surface area contributed by atoms with Gasteiger partial charge in [0.2, 0.25) is 0 Å². The van der Waals surface area contributed by atoms with Crippen molar-refractivity contribution in [2.75, 3.05) is 0 Å². The minimum atomic E-state index is 0.0608. The van der Waals surface area contributed by atoms with Gasteiger partial charge in [-0.25, -0.2) is 0 Å². The Morgan fingerprint density at radius 2 is 1.90 bits per heavy atom. The van der Waals surface area contributed by atoms with Crippen molar-refractivity contribution in [3.63, 3.8) is 0 Å². The van der Waals surface area contributed by atoms with E-state index < -0.39 is 0 Å². The Hall–Kier alpha value is -2.55. The Kier molecular flexibility index (Phi) is 3.48. The Balaban J connectivity index is 2.07. The van der Waals surface area contributed by atoms with Crippen LogP contribution in [0.25, 0.3) is 11.3 Å². The fourth-order valence-corrected chi connectivity index (χ4v) is 2.66. The minimum absolute atomic E-state index is 0.0608. The lowest BCUT2D eigenvalue weighted by Gasteiger charge is -2.06. The third-order valence-corrected chi connectivity index (χ3v) is 3.68. The Labute approximate surface area is 123 Å². The molecule has 0 unspecified atom stereocenters. The van der Waals surface area contributed by atoms with Gasteiger partial charge >= 0.3 is 0 Å². The van der Waals surface area contributed by atoms with Gasteiger partial charge in [0.15, 0.2) is 5.78 Å². The van der Waals surface area contributed by atoms with Gasteiger partial charge in [-0.2, -0.15) is 0 Å². The van der Waals surface area contributed by atoms with Crippen LogP contribution in [0, 0.1) is 6.92 Å². The first-order valence-electron chi connectivity index (χ1n) is 6.95. The first-order valence-corrected chi connectivity index (χ1v) is 6.95. The second kappa shape index (κ2) is 5.44. The average molecular weight is 279 g/mol. The average Bonchev–Trinajstić information content (AvgIpc) is 3.09. The highest BCUT2D eigenvalue weighted by atomic mass is 16.3. The second-order valence-electron chi connectivity index (χ2n) is 5.15. The molecule has 3 aromatic rings. The summed E-state index contributed by atoms with van der Waals surface area (Å²) in [4.78, 5) is 12.0. The van der Waals surface area contributed by atoms with Crippen LogP contribution in [0.5, 0.6) is 0 Å². The lowest BCUT2D eigenvalue weighted by Crippen LogP contribution is -2.02. The topological polar surface area (TPSA) is 35.1 Å². The summed E-state index contributed by atoms with van der Waals surface area (Å²) in [5.41, 5.74) is 3.77.